The van der Waals surface area contributed by atoms with Gasteiger partial charge in [0.25, 0.3) is 5.95 Å². The maximum Gasteiger partial charge on any atom is 0.267 e. The molecule has 0 saturated heterocycles. The highest BCUT2D eigenvalue weighted by Gasteiger charge is 2.28. The van der Waals surface area contributed by atoms with Gasteiger partial charge in [0.1, 0.15) is 5.52 Å². The SMILES string of the molecule is Cc1ccc2nc(N(N)C(=O)[C@H](CCC(C)(C)C)CN(O)C=O)nnc2c1. The van der Waals surface area contributed by atoms with Crippen LogP contribution in [-0.4, -0.2) is 44.3 Å². The van der Waals surface area contributed by atoms with Gasteiger partial charge < -0.3 is 0 Å². The Morgan fingerprint density at radius 2 is 2.00 bits per heavy atom. The summed E-state index contributed by atoms with van der Waals surface area (Å²) in [5.74, 6) is 4.73. The normalized spacial score (nSPS) is 12.7. The van der Waals surface area contributed by atoms with Gasteiger partial charge in [-0.25, -0.2) is 20.9 Å². The quantitative estimate of drug-likeness (QED) is 0.249. The number of aromatic nitrogens is 3. The Kier molecular flexibility index (Phi) is 6.40. The molecule has 3 N–H and O–H groups in total. The molecule has 1 aromatic heterocycles. The third-order valence-electron chi connectivity index (χ3n) is 4.17. The number of hydroxylamine groups is 2. The van der Waals surface area contributed by atoms with Crippen LogP contribution in [0.25, 0.3) is 11.0 Å². The van der Waals surface area contributed by atoms with Crippen molar-refractivity contribution < 1.29 is 14.8 Å². The number of nitrogens with zero attached hydrogens (tertiary/aromatic N) is 5. The molecule has 2 amide bonds. The van der Waals surface area contributed by atoms with E-state index in [2.05, 4.69) is 15.2 Å². The minimum Gasteiger partial charge on any atom is -0.286 e. The summed E-state index contributed by atoms with van der Waals surface area (Å²) in [7, 11) is 0. The van der Waals surface area contributed by atoms with E-state index in [-0.39, 0.29) is 24.3 Å². The monoisotopic (exact) mass is 374 g/mol. The lowest BCUT2D eigenvalue weighted by molar-refractivity contribution is -0.154. The van der Waals surface area contributed by atoms with Crippen LogP contribution in [0.5, 0.6) is 0 Å². The summed E-state index contributed by atoms with van der Waals surface area (Å²) in [6, 6.07) is 5.49. The second kappa shape index (κ2) is 8.36. The number of anilines is 1. The summed E-state index contributed by atoms with van der Waals surface area (Å²) in [6.07, 6.45) is 1.41. The van der Waals surface area contributed by atoms with Gasteiger partial charge in [0.05, 0.1) is 18.0 Å². The molecule has 0 aliphatic rings. The molecule has 9 heteroatoms. The van der Waals surface area contributed by atoms with Crippen molar-refractivity contribution in [3.05, 3.63) is 23.8 Å². The zero-order chi connectivity index (χ0) is 20.2. The van der Waals surface area contributed by atoms with Crippen LogP contribution >= 0.6 is 0 Å². The fraction of sp³-hybridized carbons (Fsp3) is 0.500. The number of benzene rings is 1. The molecule has 0 unspecified atom stereocenters. The van der Waals surface area contributed by atoms with E-state index in [4.69, 9.17) is 5.84 Å². The number of fused-ring (bicyclic) bond motifs is 1. The Morgan fingerprint density at radius 1 is 1.30 bits per heavy atom. The first-order valence-electron chi connectivity index (χ1n) is 8.71. The summed E-state index contributed by atoms with van der Waals surface area (Å²) in [6.45, 7) is 7.91. The number of hydrogen-bond acceptors (Lipinski definition) is 7. The van der Waals surface area contributed by atoms with Gasteiger partial charge in [0.15, 0.2) is 0 Å². The van der Waals surface area contributed by atoms with Gasteiger partial charge in [-0.1, -0.05) is 26.8 Å². The summed E-state index contributed by atoms with van der Waals surface area (Å²) in [5, 5.41) is 18.8. The average molecular weight is 374 g/mol. The minimum absolute atomic E-state index is 0.0156. The van der Waals surface area contributed by atoms with E-state index in [9.17, 15) is 14.8 Å². The number of carbonyl (C=O) groups excluding carboxylic acids is 2. The number of carbonyl (C=O) groups is 2. The highest BCUT2D eigenvalue weighted by Crippen LogP contribution is 2.25. The van der Waals surface area contributed by atoms with Gasteiger partial charge in [0.2, 0.25) is 12.3 Å². The molecule has 0 radical (unpaired) electrons. The van der Waals surface area contributed by atoms with Crippen molar-refractivity contribution in [3.63, 3.8) is 0 Å². The number of hydrazine groups is 1. The van der Waals surface area contributed by atoms with E-state index in [0.29, 0.717) is 28.9 Å². The Morgan fingerprint density at radius 3 is 2.63 bits per heavy atom. The van der Waals surface area contributed by atoms with Crippen LogP contribution in [-0.2, 0) is 9.59 Å². The lowest BCUT2D eigenvalue weighted by Crippen LogP contribution is -2.46. The average Bonchev–Trinajstić information content (AvgIpc) is 2.62. The number of aryl methyl sites for hydroxylation is 1. The van der Waals surface area contributed by atoms with Crippen LogP contribution in [0.15, 0.2) is 18.2 Å². The van der Waals surface area contributed by atoms with Crippen LogP contribution in [0.3, 0.4) is 0 Å². The summed E-state index contributed by atoms with van der Waals surface area (Å²) in [5.41, 5.74) is 2.17. The molecular formula is C18H26N6O3. The molecule has 0 bridgehead atoms. The van der Waals surface area contributed by atoms with Crippen molar-refractivity contribution in [3.8, 4) is 0 Å². The first-order chi connectivity index (χ1) is 12.6. The molecule has 1 aromatic carbocycles. The molecule has 0 saturated carbocycles. The van der Waals surface area contributed by atoms with Crippen molar-refractivity contribution in [1.29, 1.82) is 0 Å². The van der Waals surface area contributed by atoms with E-state index < -0.39 is 11.8 Å². The number of nitrogens with two attached hydrogens (primary N) is 1. The second-order valence-corrected chi connectivity index (χ2v) is 7.84. The molecule has 27 heavy (non-hydrogen) atoms. The van der Waals surface area contributed by atoms with Crippen LogP contribution < -0.4 is 10.9 Å². The molecule has 0 aliphatic heterocycles. The van der Waals surface area contributed by atoms with Crippen LogP contribution in [0.4, 0.5) is 5.95 Å². The number of amides is 2. The van der Waals surface area contributed by atoms with Crippen molar-refractivity contribution >= 4 is 29.3 Å². The smallest absolute Gasteiger partial charge is 0.267 e. The Labute approximate surface area is 158 Å². The standard InChI is InChI=1S/C18H26N6O3/c1-12-5-6-14-15(9-12)21-22-17(20-14)24(19)16(26)13(10-23(27)11-25)7-8-18(2,3)4/h5-6,9,11,13,27H,7-8,10,19H2,1-4H3/t13-/m1/s1. The highest BCUT2D eigenvalue weighted by molar-refractivity contribution is 5.93. The lowest BCUT2D eigenvalue weighted by atomic mass is 9.86. The van der Waals surface area contributed by atoms with Crippen molar-refractivity contribution in [2.75, 3.05) is 11.6 Å². The first-order valence-corrected chi connectivity index (χ1v) is 8.71. The molecule has 1 atom stereocenters. The fourth-order valence-corrected chi connectivity index (χ4v) is 2.60. The molecule has 0 aliphatic carbocycles. The molecule has 9 nitrogen and oxygen atoms in total. The summed E-state index contributed by atoms with van der Waals surface area (Å²) < 4.78 is 0. The Bertz CT molecular complexity index is 820. The number of hydrogen-bond donors (Lipinski definition) is 2. The van der Waals surface area contributed by atoms with Crippen LogP contribution in [0.1, 0.15) is 39.2 Å². The molecule has 146 valence electrons. The van der Waals surface area contributed by atoms with Crippen molar-refractivity contribution in [2.45, 2.75) is 40.5 Å². The van der Waals surface area contributed by atoms with Gasteiger partial charge in [0, 0.05) is 0 Å². The van der Waals surface area contributed by atoms with E-state index in [0.717, 1.165) is 10.6 Å². The zero-order valence-electron chi connectivity index (χ0n) is 16.1. The number of rotatable bonds is 7. The van der Waals surface area contributed by atoms with E-state index in [1.165, 1.54) is 0 Å². The molecule has 0 fully saturated rings. The van der Waals surface area contributed by atoms with Gasteiger partial charge >= 0.3 is 0 Å². The van der Waals surface area contributed by atoms with Gasteiger partial charge in [-0.15, -0.1) is 10.2 Å². The van der Waals surface area contributed by atoms with Crippen molar-refractivity contribution in [1.82, 2.24) is 20.2 Å². The molecular weight excluding hydrogens is 348 g/mol. The minimum atomic E-state index is -0.693. The Balaban J connectivity index is 2.23. The maximum atomic E-state index is 12.8. The summed E-state index contributed by atoms with van der Waals surface area (Å²) >= 11 is 0. The van der Waals surface area contributed by atoms with E-state index in [1.54, 1.807) is 6.07 Å². The van der Waals surface area contributed by atoms with Gasteiger partial charge in [-0.3, -0.25) is 14.8 Å². The van der Waals surface area contributed by atoms with E-state index >= 15 is 0 Å². The predicted octanol–water partition coefficient (Wildman–Crippen LogP) is 1.83. The topological polar surface area (TPSA) is 126 Å². The summed E-state index contributed by atoms with van der Waals surface area (Å²) in [4.78, 5) is 27.9. The van der Waals surface area contributed by atoms with Crippen molar-refractivity contribution in [2.24, 2.45) is 17.2 Å². The fourth-order valence-electron chi connectivity index (χ4n) is 2.60. The Hall–Kier alpha value is -2.65. The molecule has 2 rings (SSSR count). The second-order valence-electron chi connectivity index (χ2n) is 7.84. The first kappa shape index (κ1) is 20.7. The molecule has 2 aromatic rings. The van der Waals surface area contributed by atoms with Crippen LogP contribution in [0, 0.1) is 18.3 Å². The molecule has 1 heterocycles. The zero-order valence-corrected chi connectivity index (χ0v) is 16.1. The maximum absolute atomic E-state index is 12.8. The largest absolute Gasteiger partial charge is 0.286 e. The van der Waals surface area contributed by atoms with Gasteiger partial charge in [-0.2, -0.15) is 0 Å². The van der Waals surface area contributed by atoms with Crippen LogP contribution in [0.2, 0.25) is 0 Å². The third kappa shape index (κ3) is 5.66. The third-order valence-corrected chi connectivity index (χ3v) is 4.17. The molecule has 0 spiro atoms. The lowest BCUT2D eigenvalue weighted by Gasteiger charge is -2.26. The van der Waals surface area contributed by atoms with Gasteiger partial charge in [-0.05, 0) is 42.9 Å². The van der Waals surface area contributed by atoms with E-state index in [1.807, 2.05) is 39.8 Å². The highest BCUT2D eigenvalue weighted by atomic mass is 16.5. The predicted molar refractivity (Wildman–Crippen MR) is 100 cm³/mol.